The Labute approximate surface area is 145 Å². The molecule has 0 atom stereocenters. The molecule has 0 N–H and O–H groups in total. The van der Waals surface area contributed by atoms with E-state index in [0.29, 0.717) is 11.1 Å². The van der Waals surface area contributed by atoms with Gasteiger partial charge in [-0.25, -0.2) is 0 Å². The maximum atomic E-state index is 12.2. The van der Waals surface area contributed by atoms with Gasteiger partial charge in [-0.15, -0.1) is 4.79 Å². The van der Waals surface area contributed by atoms with Crippen molar-refractivity contribution in [1.29, 1.82) is 0 Å². The average Bonchev–Trinajstić information content (AvgIpc) is 2.51. The van der Waals surface area contributed by atoms with E-state index >= 15 is 0 Å². The first-order valence-electron chi connectivity index (χ1n) is 6.89. The predicted molar refractivity (Wildman–Crippen MR) is 90.1 cm³/mol. The average molecular weight is 382 g/mol. The summed E-state index contributed by atoms with van der Waals surface area (Å²) in [6.07, 6.45) is 0. The zero-order valence-corrected chi connectivity index (χ0v) is 14.9. The first kappa shape index (κ1) is 18.7. The van der Waals surface area contributed by atoms with Crippen LogP contribution in [0.5, 0.6) is 11.5 Å². The lowest BCUT2D eigenvalue weighted by Gasteiger charge is -2.08. The minimum absolute atomic E-state index is 0.102. The molecule has 2 rings (SSSR count). The summed E-state index contributed by atoms with van der Waals surface area (Å²) < 4.78 is 56.8. The Morgan fingerprint density at radius 1 is 0.800 bits per heavy atom. The standard InChI is InChI=1S/C15H14N2O6S2/c1-11-7-3-5-9-13(11)22-24(18,19)15(17-16)25(20,21)23-14-10-6-4-8-12(14)2/h3-10H,1-2H3. The molecule has 0 saturated heterocycles. The van der Waals surface area contributed by atoms with Gasteiger partial charge in [-0.2, -0.15) is 16.8 Å². The third-order valence-electron chi connectivity index (χ3n) is 3.10. The topological polar surface area (TPSA) is 123 Å². The van der Waals surface area contributed by atoms with Crippen molar-refractivity contribution in [2.75, 3.05) is 0 Å². The molecule has 0 aliphatic heterocycles. The summed E-state index contributed by atoms with van der Waals surface area (Å²) in [6.45, 7) is 3.14. The van der Waals surface area contributed by atoms with Crippen LogP contribution in [0.2, 0.25) is 0 Å². The van der Waals surface area contributed by atoms with E-state index in [1.807, 2.05) is 0 Å². The highest BCUT2D eigenvalue weighted by Gasteiger charge is 2.46. The van der Waals surface area contributed by atoms with E-state index in [9.17, 15) is 16.8 Å². The van der Waals surface area contributed by atoms with Gasteiger partial charge in [-0.3, -0.25) is 0 Å². The fourth-order valence-electron chi connectivity index (χ4n) is 1.83. The predicted octanol–water partition coefficient (Wildman–Crippen LogP) is 2.01. The van der Waals surface area contributed by atoms with Crippen LogP contribution in [0.3, 0.4) is 0 Å². The molecule has 0 amide bonds. The summed E-state index contributed by atoms with van der Waals surface area (Å²) in [4.78, 5) is 2.37. The molecule has 10 heteroatoms. The van der Waals surface area contributed by atoms with Crippen molar-refractivity contribution < 1.29 is 30.0 Å². The maximum absolute atomic E-state index is 12.2. The Balaban J connectivity index is 2.39. The van der Waals surface area contributed by atoms with E-state index in [1.54, 1.807) is 38.1 Å². The van der Waals surface area contributed by atoms with E-state index in [2.05, 4.69) is 4.79 Å². The molecule has 0 aliphatic rings. The van der Waals surface area contributed by atoms with Gasteiger partial charge in [0.15, 0.2) is 0 Å². The summed E-state index contributed by atoms with van der Waals surface area (Å²) >= 11 is 0. The van der Waals surface area contributed by atoms with Crippen LogP contribution >= 0.6 is 0 Å². The summed E-state index contributed by atoms with van der Waals surface area (Å²) in [6, 6.07) is 12.1. The SMILES string of the molecule is Cc1ccccc1OS(=O)(=O)C(=[N+]=[N-])S(=O)(=O)Oc1ccccc1C. The second-order valence-corrected chi connectivity index (χ2v) is 8.15. The van der Waals surface area contributed by atoms with Gasteiger partial charge >= 0.3 is 24.6 Å². The van der Waals surface area contributed by atoms with Crippen LogP contribution in [0.25, 0.3) is 5.53 Å². The molecule has 25 heavy (non-hydrogen) atoms. The van der Waals surface area contributed by atoms with Crippen molar-refractivity contribution in [2.45, 2.75) is 13.8 Å². The van der Waals surface area contributed by atoms with Crippen LogP contribution < -0.4 is 8.37 Å². The lowest BCUT2D eigenvalue weighted by atomic mass is 10.2. The molecule has 2 aromatic rings. The molecule has 0 aromatic heterocycles. The monoisotopic (exact) mass is 382 g/mol. The minimum Gasteiger partial charge on any atom is -0.373 e. The molecule has 0 saturated carbocycles. The summed E-state index contributed by atoms with van der Waals surface area (Å²) in [7, 11) is -9.90. The molecular formula is C15H14N2O6S2. The van der Waals surface area contributed by atoms with Crippen LogP contribution in [0.4, 0.5) is 0 Å². The van der Waals surface area contributed by atoms with Crippen molar-refractivity contribution in [3.05, 3.63) is 65.2 Å². The minimum atomic E-state index is -4.95. The molecule has 0 bridgehead atoms. The third-order valence-corrected chi connectivity index (χ3v) is 6.14. The van der Waals surface area contributed by atoms with E-state index in [1.165, 1.54) is 24.3 Å². The molecule has 0 radical (unpaired) electrons. The fourth-order valence-corrected chi connectivity index (χ4v) is 4.23. The van der Waals surface area contributed by atoms with Gasteiger partial charge in [0.05, 0.1) is 0 Å². The summed E-state index contributed by atoms with van der Waals surface area (Å²) in [5.41, 5.74) is 9.85. The van der Waals surface area contributed by atoms with Crippen LogP contribution in [0.1, 0.15) is 11.1 Å². The molecular weight excluding hydrogens is 368 g/mol. The zero-order chi connectivity index (χ0) is 18.7. The molecule has 132 valence electrons. The highest BCUT2D eigenvalue weighted by Crippen LogP contribution is 2.22. The van der Waals surface area contributed by atoms with Crippen molar-refractivity contribution in [2.24, 2.45) is 0 Å². The van der Waals surface area contributed by atoms with Gasteiger partial charge < -0.3 is 13.9 Å². The largest absolute Gasteiger partial charge is 0.568 e. The number of hydrogen-bond acceptors (Lipinski definition) is 6. The number of nitrogens with zero attached hydrogens (tertiary/aromatic N) is 2. The molecule has 0 unspecified atom stereocenters. The molecule has 8 nitrogen and oxygen atoms in total. The normalized spacial score (nSPS) is 11.4. The van der Waals surface area contributed by atoms with Crippen LogP contribution in [-0.2, 0) is 20.2 Å². The van der Waals surface area contributed by atoms with Crippen LogP contribution in [0, 0.1) is 13.8 Å². The number of rotatable bonds is 4. The van der Waals surface area contributed by atoms with Crippen molar-refractivity contribution >= 4 is 24.6 Å². The van der Waals surface area contributed by atoms with Crippen molar-refractivity contribution in [3.8, 4) is 11.5 Å². The van der Waals surface area contributed by atoms with E-state index in [-0.39, 0.29) is 11.5 Å². The second-order valence-electron chi connectivity index (χ2n) is 4.97. The number of hydrogen-bond donors (Lipinski definition) is 0. The Morgan fingerprint density at radius 2 is 1.16 bits per heavy atom. The molecule has 2 aromatic carbocycles. The fraction of sp³-hybridized carbons (Fsp3) is 0.133. The van der Waals surface area contributed by atoms with Gasteiger partial charge in [-0.05, 0) is 37.1 Å². The molecule has 0 fully saturated rings. The van der Waals surface area contributed by atoms with Crippen LogP contribution in [0.15, 0.2) is 48.5 Å². The van der Waals surface area contributed by atoms with Gasteiger partial charge in [0.1, 0.15) is 11.5 Å². The lowest BCUT2D eigenvalue weighted by molar-refractivity contribution is 0.00268. The highest BCUT2D eigenvalue weighted by molar-refractivity contribution is 8.27. The Morgan fingerprint density at radius 3 is 1.48 bits per heavy atom. The first-order chi connectivity index (χ1) is 11.7. The quantitative estimate of drug-likeness (QED) is 0.262. The molecule has 0 aliphatic carbocycles. The van der Waals surface area contributed by atoms with Gasteiger partial charge in [0.2, 0.25) is 0 Å². The first-order valence-corrected chi connectivity index (χ1v) is 9.71. The maximum Gasteiger partial charge on any atom is 0.568 e. The molecule has 0 spiro atoms. The van der Waals surface area contributed by atoms with Crippen molar-refractivity contribution in [3.63, 3.8) is 0 Å². The Bertz CT molecular complexity index is 975. The summed E-state index contributed by atoms with van der Waals surface area (Å²) in [5, 5.41) is 0. The number of aryl methyl sites for hydroxylation is 2. The summed E-state index contributed by atoms with van der Waals surface area (Å²) in [5.74, 6) is -0.204. The van der Waals surface area contributed by atoms with E-state index < -0.39 is 24.6 Å². The van der Waals surface area contributed by atoms with E-state index in [4.69, 9.17) is 13.9 Å². The zero-order valence-electron chi connectivity index (χ0n) is 13.3. The Hall–Kier alpha value is -2.68. The Kier molecular flexibility index (Phi) is 5.27. The third kappa shape index (κ3) is 4.24. The highest BCUT2D eigenvalue weighted by atomic mass is 32.3. The van der Waals surface area contributed by atoms with E-state index in [0.717, 1.165) is 0 Å². The van der Waals surface area contributed by atoms with Gasteiger partial charge in [0.25, 0.3) is 0 Å². The number of para-hydroxylation sites is 2. The smallest absolute Gasteiger partial charge is 0.373 e. The molecule has 0 heterocycles. The lowest BCUT2D eigenvalue weighted by Crippen LogP contribution is -2.32. The number of benzene rings is 2. The second kappa shape index (κ2) is 7.06. The van der Waals surface area contributed by atoms with Gasteiger partial charge in [0, 0.05) is 0 Å². The van der Waals surface area contributed by atoms with Crippen molar-refractivity contribution in [1.82, 2.24) is 0 Å². The van der Waals surface area contributed by atoms with Gasteiger partial charge in [-0.1, -0.05) is 36.4 Å². The van der Waals surface area contributed by atoms with Crippen LogP contribution in [-0.4, -0.2) is 26.0 Å².